The zero-order valence-electron chi connectivity index (χ0n) is 8.69. The van der Waals surface area contributed by atoms with Gasteiger partial charge in [-0.15, -0.1) is 0 Å². The van der Waals surface area contributed by atoms with Crippen LogP contribution in [-0.4, -0.2) is 17.2 Å². The Balaban J connectivity index is 2.19. The van der Waals surface area contributed by atoms with Crippen molar-refractivity contribution in [1.29, 1.82) is 0 Å². The number of carboxylic acids is 1. The summed E-state index contributed by atoms with van der Waals surface area (Å²) in [6.07, 6.45) is 1.53. The number of rotatable bonds is 3. The van der Waals surface area contributed by atoms with Gasteiger partial charge in [-0.25, -0.2) is 0 Å². The minimum atomic E-state index is -0.800. The number of aliphatic carboxylic acids is 1. The maximum Gasteiger partial charge on any atom is 0.307 e. The molecule has 15 heavy (non-hydrogen) atoms. The van der Waals surface area contributed by atoms with Crippen LogP contribution in [0.25, 0.3) is 0 Å². The highest BCUT2D eigenvalue weighted by Gasteiger charge is 2.26. The van der Waals surface area contributed by atoms with Crippen LogP contribution in [-0.2, 0) is 17.6 Å². The van der Waals surface area contributed by atoms with E-state index in [4.69, 9.17) is 9.84 Å². The average molecular weight is 206 g/mol. The lowest BCUT2D eigenvalue weighted by atomic mass is 10.0. The summed E-state index contributed by atoms with van der Waals surface area (Å²) in [6, 6.07) is 6.04. The Morgan fingerprint density at radius 1 is 1.60 bits per heavy atom. The Hall–Kier alpha value is -1.51. The maximum atomic E-state index is 10.6. The fourth-order valence-corrected chi connectivity index (χ4v) is 1.99. The molecule has 0 amide bonds. The smallest absolute Gasteiger partial charge is 0.307 e. The molecule has 0 aliphatic carbocycles. The van der Waals surface area contributed by atoms with Crippen molar-refractivity contribution in [2.45, 2.75) is 32.3 Å². The molecule has 1 N–H and O–H groups in total. The zero-order chi connectivity index (χ0) is 10.8. The third-order valence-electron chi connectivity index (χ3n) is 2.69. The van der Waals surface area contributed by atoms with Gasteiger partial charge in [-0.2, -0.15) is 0 Å². The summed E-state index contributed by atoms with van der Waals surface area (Å²) >= 11 is 0. The Labute approximate surface area is 88.7 Å². The van der Waals surface area contributed by atoms with Crippen molar-refractivity contribution in [2.24, 2.45) is 0 Å². The summed E-state index contributed by atoms with van der Waals surface area (Å²) in [5.74, 6) is 0.108. The summed E-state index contributed by atoms with van der Waals surface area (Å²) < 4.78 is 5.66. The number of carbonyl (C=O) groups is 1. The number of para-hydroxylation sites is 1. The molecule has 3 nitrogen and oxygen atoms in total. The normalized spacial score (nSPS) is 18.3. The molecule has 0 fully saturated rings. The molecule has 1 atom stereocenters. The molecule has 0 saturated heterocycles. The maximum absolute atomic E-state index is 10.6. The number of benzene rings is 1. The second-order valence-corrected chi connectivity index (χ2v) is 3.80. The number of carboxylic acid groups (broad SMARTS) is 1. The highest BCUT2D eigenvalue weighted by Crippen LogP contribution is 2.33. The van der Waals surface area contributed by atoms with E-state index >= 15 is 0 Å². The molecule has 1 aliphatic rings. The monoisotopic (exact) mass is 206 g/mol. The van der Waals surface area contributed by atoms with E-state index in [0.717, 1.165) is 24.2 Å². The molecule has 0 radical (unpaired) electrons. The van der Waals surface area contributed by atoms with Gasteiger partial charge >= 0.3 is 5.97 Å². The van der Waals surface area contributed by atoms with Crippen LogP contribution in [0.15, 0.2) is 18.2 Å². The molecule has 2 rings (SSSR count). The summed E-state index contributed by atoms with van der Waals surface area (Å²) in [7, 11) is 0. The fourth-order valence-electron chi connectivity index (χ4n) is 1.99. The fraction of sp³-hybridized carbons (Fsp3) is 0.417. The van der Waals surface area contributed by atoms with Crippen molar-refractivity contribution in [2.75, 3.05) is 0 Å². The summed E-state index contributed by atoms with van der Waals surface area (Å²) in [5, 5.41) is 8.70. The highest BCUT2D eigenvalue weighted by molar-refractivity contribution is 5.67. The van der Waals surface area contributed by atoms with Gasteiger partial charge in [0.2, 0.25) is 0 Å². The molecule has 0 spiro atoms. The van der Waals surface area contributed by atoms with Crippen LogP contribution >= 0.6 is 0 Å². The van der Waals surface area contributed by atoms with E-state index in [0.29, 0.717) is 0 Å². The van der Waals surface area contributed by atoms with Gasteiger partial charge in [-0.3, -0.25) is 4.79 Å². The third kappa shape index (κ3) is 1.96. The van der Waals surface area contributed by atoms with Gasteiger partial charge in [0.25, 0.3) is 0 Å². The first-order chi connectivity index (χ1) is 7.20. The zero-order valence-corrected chi connectivity index (χ0v) is 8.69. The van der Waals surface area contributed by atoms with Gasteiger partial charge in [-0.1, -0.05) is 25.1 Å². The molecular formula is C12H14O3. The van der Waals surface area contributed by atoms with Gasteiger partial charge < -0.3 is 9.84 Å². The predicted molar refractivity (Wildman–Crippen MR) is 56.2 cm³/mol. The molecule has 1 aliphatic heterocycles. The second-order valence-electron chi connectivity index (χ2n) is 3.80. The number of hydrogen-bond donors (Lipinski definition) is 1. The largest absolute Gasteiger partial charge is 0.489 e. The molecule has 0 aromatic heterocycles. The number of fused-ring (bicyclic) bond motifs is 1. The van der Waals surface area contributed by atoms with Crippen molar-refractivity contribution in [1.82, 2.24) is 0 Å². The van der Waals surface area contributed by atoms with Crippen molar-refractivity contribution >= 4 is 5.97 Å². The van der Waals surface area contributed by atoms with Gasteiger partial charge in [0, 0.05) is 6.42 Å². The van der Waals surface area contributed by atoms with Crippen molar-refractivity contribution in [3.8, 4) is 5.75 Å². The highest BCUT2D eigenvalue weighted by atomic mass is 16.5. The predicted octanol–water partition coefficient (Wildman–Crippen LogP) is 2.03. The van der Waals surface area contributed by atoms with E-state index in [1.54, 1.807) is 0 Å². The quantitative estimate of drug-likeness (QED) is 0.823. The number of ether oxygens (including phenoxy) is 1. The molecule has 0 bridgehead atoms. The van der Waals surface area contributed by atoms with Crippen molar-refractivity contribution < 1.29 is 14.6 Å². The SMILES string of the molecule is CCc1cccc2c1OC(CC(=O)O)C2. The van der Waals surface area contributed by atoms with Crippen molar-refractivity contribution in [3.05, 3.63) is 29.3 Å². The first-order valence-electron chi connectivity index (χ1n) is 5.20. The van der Waals surface area contributed by atoms with Gasteiger partial charge in [0.05, 0.1) is 6.42 Å². The Morgan fingerprint density at radius 3 is 3.07 bits per heavy atom. The van der Waals surface area contributed by atoms with Crippen LogP contribution in [0.2, 0.25) is 0 Å². The Morgan fingerprint density at radius 2 is 2.40 bits per heavy atom. The lowest BCUT2D eigenvalue weighted by molar-refractivity contribution is -0.138. The molecule has 80 valence electrons. The molecule has 1 aromatic rings. The van der Waals surface area contributed by atoms with E-state index in [2.05, 4.69) is 6.92 Å². The Bertz CT molecular complexity index is 384. The van der Waals surface area contributed by atoms with E-state index in [-0.39, 0.29) is 12.5 Å². The van der Waals surface area contributed by atoms with Crippen molar-refractivity contribution in [3.63, 3.8) is 0 Å². The molecule has 1 aromatic carbocycles. The van der Waals surface area contributed by atoms with Crippen LogP contribution in [0.1, 0.15) is 24.5 Å². The van der Waals surface area contributed by atoms with Gasteiger partial charge in [-0.05, 0) is 17.5 Å². The molecular weight excluding hydrogens is 192 g/mol. The van der Waals surface area contributed by atoms with Gasteiger partial charge in [0.1, 0.15) is 11.9 Å². The lowest BCUT2D eigenvalue weighted by Crippen LogP contribution is -2.17. The molecule has 1 unspecified atom stereocenters. The third-order valence-corrected chi connectivity index (χ3v) is 2.69. The summed E-state index contributed by atoms with van der Waals surface area (Å²) in [4.78, 5) is 10.6. The summed E-state index contributed by atoms with van der Waals surface area (Å²) in [6.45, 7) is 2.07. The van der Waals surface area contributed by atoms with Gasteiger partial charge in [0.15, 0.2) is 0 Å². The topological polar surface area (TPSA) is 46.5 Å². The van der Waals surface area contributed by atoms with E-state index in [9.17, 15) is 4.79 Å². The van der Waals surface area contributed by atoms with E-state index < -0.39 is 5.97 Å². The first-order valence-corrected chi connectivity index (χ1v) is 5.20. The summed E-state index contributed by atoms with van der Waals surface area (Å²) in [5.41, 5.74) is 2.31. The van der Waals surface area contributed by atoms with E-state index in [1.807, 2.05) is 18.2 Å². The molecule has 1 heterocycles. The van der Waals surface area contributed by atoms with Crippen LogP contribution in [0.4, 0.5) is 0 Å². The first kappa shape index (κ1) is 10.0. The second kappa shape index (κ2) is 3.93. The van der Waals surface area contributed by atoms with Crippen LogP contribution in [0, 0.1) is 0 Å². The lowest BCUT2D eigenvalue weighted by Gasteiger charge is -2.09. The Kier molecular flexibility index (Phi) is 2.62. The minimum Gasteiger partial charge on any atom is -0.489 e. The molecule has 0 saturated carbocycles. The molecule has 3 heteroatoms. The van der Waals surface area contributed by atoms with Crippen LogP contribution in [0.5, 0.6) is 5.75 Å². The number of aryl methyl sites for hydroxylation is 1. The minimum absolute atomic E-state index is 0.0812. The average Bonchev–Trinajstić information content (AvgIpc) is 2.58. The van der Waals surface area contributed by atoms with Crippen LogP contribution < -0.4 is 4.74 Å². The van der Waals surface area contributed by atoms with Crippen LogP contribution in [0.3, 0.4) is 0 Å². The van der Waals surface area contributed by atoms with E-state index in [1.165, 1.54) is 5.56 Å². The number of hydrogen-bond acceptors (Lipinski definition) is 2. The standard InChI is InChI=1S/C12H14O3/c1-2-8-4-3-5-9-6-10(7-11(13)14)15-12(8)9/h3-5,10H,2,6-7H2,1H3,(H,13,14).